The number of rotatable bonds is 6. The highest BCUT2D eigenvalue weighted by molar-refractivity contribution is 7.10. The molecule has 2 N–H and O–H groups in total. The molecule has 148 valence electrons. The number of nitrogens with one attached hydrogen (secondary N) is 2. The maximum atomic E-state index is 12.6. The lowest BCUT2D eigenvalue weighted by Gasteiger charge is -2.32. The molecule has 0 saturated heterocycles. The highest BCUT2D eigenvalue weighted by Crippen LogP contribution is 2.19. The molecule has 3 aromatic rings. The van der Waals surface area contributed by atoms with E-state index >= 15 is 0 Å². The number of quaternary nitrogens is 1. The third kappa shape index (κ3) is 4.36. The molecule has 0 saturated carbocycles. The topological polar surface area (TPSA) is 76.7 Å². The SMILES string of the molecule is O=C(NC[C@H](c1cccs1)[NH+]1CCc2ccccc2C1)c1ccc([N+](=O)[O-])cc1. The predicted molar refractivity (Wildman–Crippen MR) is 112 cm³/mol. The Bertz CT molecular complexity index is 1000. The van der Waals surface area contributed by atoms with E-state index in [-0.39, 0.29) is 17.6 Å². The first-order valence-corrected chi connectivity index (χ1v) is 10.5. The molecule has 4 rings (SSSR count). The smallest absolute Gasteiger partial charge is 0.269 e. The van der Waals surface area contributed by atoms with Crippen molar-refractivity contribution in [1.82, 2.24) is 5.32 Å². The van der Waals surface area contributed by atoms with Gasteiger partial charge in [0.15, 0.2) is 0 Å². The van der Waals surface area contributed by atoms with Gasteiger partial charge in [0.2, 0.25) is 0 Å². The van der Waals surface area contributed by atoms with Gasteiger partial charge in [0.05, 0.1) is 22.9 Å². The molecule has 2 atom stereocenters. The lowest BCUT2D eigenvalue weighted by atomic mass is 9.98. The van der Waals surface area contributed by atoms with Crippen molar-refractivity contribution < 1.29 is 14.6 Å². The van der Waals surface area contributed by atoms with E-state index in [2.05, 4.69) is 41.0 Å². The zero-order valence-electron chi connectivity index (χ0n) is 15.8. The van der Waals surface area contributed by atoms with E-state index in [4.69, 9.17) is 0 Å². The minimum Gasteiger partial charge on any atom is -0.346 e. The van der Waals surface area contributed by atoms with Crippen molar-refractivity contribution in [3.05, 3.63) is 97.7 Å². The van der Waals surface area contributed by atoms with Gasteiger partial charge >= 0.3 is 0 Å². The number of nitro groups is 1. The molecule has 1 aliphatic heterocycles. The normalized spacial score (nSPS) is 16.6. The van der Waals surface area contributed by atoms with Crippen LogP contribution in [0.15, 0.2) is 66.0 Å². The van der Waals surface area contributed by atoms with E-state index < -0.39 is 4.92 Å². The minimum atomic E-state index is -0.466. The molecule has 0 fully saturated rings. The van der Waals surface area contributed by atoms with Gasteiger partial charge in [0, 0.05) is 29.7 Å². The summed E-state index contributed by atoms with van der Waals surface area (Å²) in [5.74, 6) is -0.210. The molecule has 1 aliphatic rings. The summed E-state index contributed by atoms with van der Waals surface area (Å²) in [7, 11) is 0. The second-order valence-electron chi connectivity index (χ2n) is 7.19. The highest BCUT2D eigenvalue weighted by atomic mass is 32.1. The van der Waals surface area contributed by atoms with Crippen molar-refractivity contribution in [2.45, 2.75) is 19.0 Å². The molecule has 2 aromatic carbocycles. The van der Waals surface area contributed by atoms with Crippen LogP contribution in [-0.2, 0) is 13.0 Å². The van der Waals surface area contributed by atoms with E-state index in [1.54, 1.807) is 11.3 Å². The van der Waals surface area contributed by atoms with Gasteiger partial charge < -0.3 is 10.2 Å². The van der Waals surface area contributed by atoms with Crippen LogP contribution in [0.4, 0.5) is 5.69 Å². The molecule has 7 heteroatoms. The van der Waals surface area contributed by atoms with Crippen LogP contribution in [0, 0.1) is 10.1 Å². The number of thiophene rings is 1. The first kappa shape index (κ1) is 19.3. The highest BCUT2D eigenvalue weighted by Gasteiger charge is 2.29. The largest absolute Gasteiger partial charge is 0.346 e. The molecule has 2 heterocycles. The van der Waals surface area contributed by atoms with Crippen molar-refractivity contribution in [2.75, 3.05) is 13.1 Å². The zero-order chi connectivity index (χ0) is 20.2. The van der Waals surface area contributed by atoms with E-state index in [1.165, 1.54) is 45.2 Å². The molecule has 6 nitrogen and oxygen atoms in total. The van der Waals surface area contributed by atoms with Gasteiger partial charge in [-0.2, -0.15) is 0 Å². The molecule has 1 unspecified atom stereocenters. The molecule has 1 aromatic heterocycles. The molecule has 0 bridgehead atoms. The van der Waals surface area contributed by atoms with Crippen LogP contribution in [-0.4, -0.2) is 23.9 Å². The third-order valence-corrected chi connectivity index (χ3v) is 6.42. The second-order valence-corrected chi connectivity index (χ2v) is 8.17. The molecule has 29 heavy (non-hydrogen) atoms. The first-order chi connectivity index (χ1) is 14.1. The fourth-order valence-electron chi connectivity index (χ4n) is 3.87. The van der Waals surface area contributed by atoms with E-state index in [1.807, 2.05) is 6.07 Å². The van der Waals surface area contributed by atoms with E-state index in [9.17, 15) is 14.9 Å². The second kappa shape index (κ2) is 8.55. The van der Waals surface area contributed by atoms with Gasteiger partial charge in [0.1, 0.15) is 12.6 Å². The Labute approximate surface area is 172 Å². The van der Waals surface area contributed by atoms with Gasteiger partial charge in [-0.15, -0.1) is 11.3 Å². The molecule has 1 amide bonds. The molecule has 0 aliphatic carbocycles. The van der Waals surface area contributed by atoms with Crippen molar-refractivity contribution in [3.63, 3.8) is 0 Å². The van der Waals surface area contributed by atoms with Crippen LogP contribution >= 0.6 is 11.3 Å². The van der Waals surface area contributed by atoms with Crippen molar-refractivity contribution >= 4 is 22.9 Å². The molecule has 0 radical (unpaired) electrons. The van der Waals surface area contributed by atoms with E-state index in [0.717, 1.165) is 19.5 Å². The van der Waals surface area contributed by atoms with Crippen molar-refractivity contribution in [3.8, 4) is 0 Å². The average molecular weight is 409 g/mol. The number of amides is 1. The number of carbonyl (C=O) groups is 1. The van der Waals surface area contributed by atoms with E-state index in [0.29, 0.717) is 12.1 Å². The standard InChI is InChI=1S/C22H21N3O3S/c26-22(17-7-9-19(10-8-17)25(27)28)23-14-20(21-6-3-13-29-21)24-12-11-16-4-1-2-5-18(16)15-24/h1-10,13,20H,11-12,14-15H2,(H,23,26)/p+1/t20-/m1/s1. The number of fused-ring (bicyclic) bond motifs is 1. The summed E-state index contributed by atoms with van der Waals surface area (Å²) in [5.41, 5.74) is 3.20. The van der Waals surface area contributed by atoms with Crippen LogP contribution < -0.4 is 10.2 Å². The number of non-ortho nitro benzene ring substituents is 1. The number of hydrogen-bond acceptors (Lipinski definition) is 4. The predicted octanol–water partition coefficient (Wildman–Crippen LogP) is 2.77. The van der Waals surface area contributed by atoms with Crippen LogP contribution in [0.3, 0.4) is 0 Å². The maximum Gasteiger partial charge on any atom is 0.269 e. The van der Waals surface area contributed by atoms with Crippen LogP contribution in [0.5, 0.6) is 0 Å². The van der Waals surface area contributed by atoms with Gasteiger partial charge in [-0.25, -0.2) is 0 Å². The zero-order valence-corrected chi connectivity index (χ0v) is 16.7. The van der Waals surface area contributed by atoms with Gasteiger partial charge in [-0.05, 0) is 29.1 Å². The van der Waals surface area contributed by atoms with Crippen LogP contribution in [0.1, 0.15) is 32.4 Å². The van der Waals surface area contributed by atoms with Gasteiger partial charge in [0.25, 0.3) is 11.6 Å². The summed E-state index contributed by atoms with van der Waals surface area (Å²) in [6.07, 6.45) is 1.03. The third-order valence-electron chi connectivity index (χ3n) is 5.44. The van der Waals surface area contributed by atoms with Crippen molar-refractivity contribution in [2.24, 2.45) is 0 Å². The summed E-state index contributed by atoms with van der Waals surface area (Å²) in [4.78, 5) is 25.6. The summed E-state index contributed by atoms with van der Waals surface area (Å²) in [6, 6.07) is 18.6. The Kier molecular flexibility index (Phi) is 5.69. The van der Waals surface area contributed by atoms with Crippen molar-refractivity contribution in [1.29, 1.82) is 0 Å². The molecule has 0 spiro atoms. The fourth-order valence-corrected chi connectivity index (χ4v) is 4.75. The number of benzene rings is 2. The molecular formula is C22H22N3O3S+. The first-order valence-electron chi connectivity index (χ1n) is 9.59. The summed E-state index contributed by atoms with van der Waals surface area (Å²) >= 11 is 1.71. The summed E-state index contributed by atoms with van der Waals surface area (Å²) in [6.45, 7) is 2.48. The minimum absolute atomic E-state index is 0.0190. The van der Waals surface area contributed by atoms with Crippen LogP contribution in [0.25, 0.3) is 0 Å². The Balaban J connectivity index is 1.47. The number of hydrogen-bond donors (Lipinski definition) is 2. The Hall–Kier alpha value is -3.03. The number of nitro benzene ring substituents is 1. The Morgan fingerprint density at radius 2 is 1.86 bits per heavy atom. The summed E-state index contributed by atoms with van der Waals surface area (Å²) in [5, 5.41) is 15.9. The number of carbonyl (C=O) groups excluding carboxylic acids is 1. The fraction of sp³-hybridized carbons (Fsp3) is 0.227. The molecular weight excluding hydrogens is 386 g/mol. The van der Waals surface area contributed by atoms with Gasteiger partial charge in [-0.1, -0.05) is 30.3 Å². The quantitative estimate of drug-likeness (QED) is 0.486. The lowest BCUT2D eigenvalue weighted by Crippen LogP contribution is -3.12. The lowest BCUT2D eigenvalue weighted by molar-refractivity contribution is -0.945. The summed E-state index contributed by atoms with van der Waals surface area (Å²) < 4.78 is 0. The number of nitrogens with zero attached hydrogens (tertiary/aromatic N) is 1. The van der Waals surface area contributed by atoms with Crippen LogP contribution in [0.2, 0.25) is 0 Å². The average Bonchev–Trinajstić information content (AvgIpc) is 3.28. The van der Waals surface area contributed by atoms with Gasteiger partial charge in [-0.3, -0.25) is 14.9 Å². The Morgan fingerprint density at radius 3 is 2.55 bits per heavy atom. The monoisotopic (exact) mass is 408 g/mol. The maximum absolute atomic E-state index is 12.6. The Morgan fingerprint density at radius 1 is 1.10 bits per heavy atom.